The molecule has 0 bridgehead atoms. The van der Waals surface area contributed by atoms with E-state index in [4.69, 9.17) is 9.72 Å². The molecule has 2 aromatic carbocycles. The summed E-state index contributed by atoms with van der Waals surface area (Å²) < 4.78 is 6.47. The van der Waals surface area contributed by atoms with Gasteiger partial charge >= 0.3 is 5.97 Å². The van der Waals surface area contributed by atoms with Gasteiger partial charge in [-0.15, -0.1) is 0 Å². The normalized spacial score (nSPS) is 15.4. The van der Waals surface area contributed by atoms with Gasteiger partial charge in [-0.1, -0.05) is 73.5 Å². The van der Waals surface area contributed by atoms with Crippen molar-refractivity contribution in [2.45, 2.75) is 74.9 Å². The minimum Gasteiger partial charge on any atom is -0.469 e. The van der Waals surface area contributed by atoms with Crippen LogP contribution in [-0.4, -0.2) is 51.8 Å². The van der Waals surface area contributed by atoms with Crippen LogP contribution in [0.25, 0.3) is 5.69 Å². The number of para-hydroxylation sites is 1. The highest BCUT2D eigenvalue weighted by molar-refractivity contribution is 7.99. The summed E-state index contributed by atoms with van der Waals surface area (Å²) in [7, 11) is 1.38. The maximum atomic E-state index is 13.9. The number of rotatable bonds is 10. The Hall–Kier alpha value is -3.43. The molecular formula is C32H38N4O4S. The zero-order valence-electron chi connectivity index (χ0n) is 23.6. The van der Waals surface area contributed by atoms with Gasteiger partial charge in [0.05, 0.1) is 37.0 Å². The van der Waals surface area contributed by atoms with E-state index in [-0.39, 0.29) is 23.9 Å². The van der Waals surface area contributed by atoms with Crippen molar-refractivity contribution >= 4 is 23.6 Å². The van der Waals surface area contributed by atoms with Gasteiger partial charge in [-0.3, -0.25) is 19.0 Å². The first-order valence-corrected chi connectivity index (χ1v) is 15.4. The Balaban J connectivity index is 1.21. The van der Waals surface area contributed by atoms with E-state index in [1.807, 2.05) is 54.6 Å². The Labute approximate surface area is 245 Å². The van der Waals surface area contributed by atoms with E-state index in [1.165, 1.54) is 26.4 Å². The highest BCUT2D eigenvalue weighted by Gasteiger charge is 2.28. The van der Waals surface area contributed by atoms with Crippen molar-refractivity contribution in [3.8, 4) is 5.69 Å². The molecular weight excluding hydrogens is 536 g/mol. The van der Waals surface area contributed by atoms with Crippen molar-refractivity contribution in [2.24, 2.45) is 0 Å². The summed E-state index contributed by atoms with van der Waals surface area (Å²) in [5, 5.41) is 4.58. The smallest absolute Gasteiger partial charge is 0.309 e. The molecule has 2 aliphatic rings. The molecule has 2 heterocycles. The summed E-state index contributed by atoms with van der Waals surface area (Å²) in [5.41, 5.74) is 4.19. The number of fused-ring (bicyclic) bond motifs is 1. The number of methoxy groups -OCH3 is 1. The van der Waals surface area contributed by atoms with Crippen molar-refractivity contribution < 1.29 is 14.3 Å². The quantitative estimate of drug-likeness (QED) is 0.217. The van der Waals surface area contributed by atoms with Crippen LogP contribution in [0.4, 0.5) is 0 Å². The lowest BCUT2D eigenvalue weighted by atomic mass is 10.0. The molecule has 9 heteroatoms. The number of nitrogens with one attached hydrogen (secondary N) is 1. The number of hydrogen-bond acceptors (Lipinski definition) is 7. The highest BCUT2D eigenvalue weighted by Crippen LogP contribution is 2.34. The lowest BCUT2D eigenvalue weighted by Gasteiger charge is -2.30. The number of thioether (sulfide) groups is 1. The first-order valence-electron chi connectivity index (χ1n) is 14.5. The SMILES string of the molecule is COC(=O)Cc1ccc(CNCCC(=O)N2CCc3nc(SC4CCCCC4)n(-c4ccccc4)c(=O)c3C2)cc1. The molecule has 1 amide bonds. The molecule has 0 unspecified atom stereocenters. The number of carbonyl (C=O) groups is 2. The molecule has 1 fully saturated rings. The van der Waals surface area contributed by atoms with Gasteiger partial charge in [-0.2, -0.15) is 0 Å². The highest BCUT2D eigenvalue weighted by atomic mass is 32.2. The van der Waals surface area contributed by atoms with Crippen molar-refractivity contribution in [1.82, 2.24) is 19.8 Å². The van der Waals surface area contributed by atoms with Gasteiger partial charge in [0.1, 0.15) is 0 Å². The molecule has 1 aliphatic heterocycles. The maximum absolute atomic E-state index is 13.9. The third-order valence-corrected chi connectivity index (χ3v) is 9.12. The molecule has 8 nitrogen and oxygen atoms in total. The predicted molar refractivity (Wildman–Crippen MR) is 160 cm³/mol. The summed E-state index contributed by atoms with van der Waals surface area (Å²) >= 11 is 1.74. The van der Waals surface area contributed by atoms with E-state index in [1.54, 1.807) is 21.2 Å². The number of nitrogens with zero attached hydrogens (tertiary/aromatic N) is 3. The molecule has 1 aliphatic carbocycles. The molecule has 1 saturated carbocycles. The molecule has 0 atom stereocenters. The number of esters is 1. The van der Waals surface area contributed by atoms with Crippen molar-refractivity contribution in [2.75, 3.05) is 20.2 Å². The minimum absolute atomic E-state index is 0.0305. The molecule has 0 radical (unpaired) electrons. The lowest BCUT2D eigenvalue weighted by molar-refractivity contribution is -0.139. The Bertz CT molecular complexity index is 1400. The summed E-state index contributed by atoms with van der Waals surface area (Å²) in [6, 6.07) is 17.5. The molecule has 1 N–H and O–H groups in total. The van der Waals surface area contributed by atoms with Gasteiger partial charge in [0.15, 0.2) is 5.16 Å². The van der Waals surface area contributed by atoms with E-state index in [0.717, 1.165) is 40.5 Å². The topological polar surface area (TPSA) is 93.5 Å². The number of carbonyl (C=O) groups excluding carboxylic acids is 2. The van der Waals surface area contributed by atoms with Gasteiger partial charge in [-0.05, 0) is 36.1 Å². The van der Waals surface area contributed by atoms with Crippen molar-refractivity contribution in [1.29, 1.82) is 0 Å². The molecule has 216 valence electrons. The average molecular weight is 575 g/mol. The van der Waals surface area contributed by atoms with E-state index in [2.05, 4.69) is 5.32 Å². The molecule has 0 saturated heterocycles. The summed E-state index contributed by atoms with van der Waals surface area (Å²) in [6.07, 6.45) is 7.25. The fourth-order valence-electron chi connectivity index (χ4n) is 5.48. The van der Waals surface area contributed by atoms with Gasteiger partial charge in [0.25, 0.3) is 5.56 Å². The first kappa shape index (κ1) is 29.1. The average Bonchev–Trinajstić information content (AvgIpc) is 3.01. The monoisotopic (exact) mass is 574 g/mol. The van der Waals surface area contributed by atoms with Crippen LogP contribution in [0.5, 0.6) is 0 Å². The van der Waals surface area contributed by atoms with Crippen LogP contribution in [0, 0.1) is 0 Å². The largest absolute Gasteiger partial charge is 0.469 e. The van der Waals surface area contributed by atoms with Crippen LogP contribution < -0.4 is 10.9 Å². The van der Waals surface area contributed by atoms with Gasteiger partial charge < -0.3 is 15.0 Å². The second-order valence-electron chi connectivity index (χ2n) is 10.7. The minimum atomic E-state index is -0.261. The zero-order valence-corrected chi connectivity index (χ0v) is 24.5. The van der Waals surface area contributed by atoms with E-state index in [0.29, 0.717) is 49.8 Å². The van der Waals surface area contributed by atoms with E-state index >= 15 is 0 Å². The Morgan fingerprint density at radius 1 is 1.02 bits per heavy atom. The number of ether oxygens (including phenoxy) is 1. The van der Waals surface area contributed by atoms with Crippen molar-refractivity contribution in [3.63, 3.8) is 0 Å². The number of benzene rings is 2. The molecule has 41 heavy (non-hydrogen) atoms. The third kappa shape index (κ3) is 7.45. The fourth-order valence-corrected chi connectivity index (χ4v) is 6.81. The van der Waals surface area contributed by atoms with Crippen LogP contribution in [0.15, 0.2) is 64.5 Å². The number of aromatic nitrogens is 2. The summed E-state index contributed by atoms with van der Waals surface area (Å²) in [5.74, 6) is -0.230. The van der Waals surface area contributed by atoms with Crippen LogP contribution in [0.2, 0.25) is 0 Å². The second kappa shape index (κ2) is 14.0. The number of amides is 1. The zero-order chi connectivity index (χ0) is 28.6. The van der Waals surface area contributed by atoms with Gasteiger partial charge in [0, 0.05) is 37.7 Å². The second-order valence-corrected chi connectivity index (χ2v) is 12.0. The van der Waals surface area contributed by atoms with Crippen LogP contribution in [-0.2, 0) is 40.3 Å². The van der Waals surface area contributed by atoms with Gasteiger partial charge in [0.2, 0.25) is 5.91 Å². The number of hydrogen-bond donors (Lipinski definition) is 1. The Morgan fingerprint density at radius 2 is 1.76 bits per heavy atom. The van der Waals surface area contributed by atoms with Crippen LogP contribution >= 0.6 is 11.8 Å². The van der Waals surface area contributed by atoms with Crippen molar-refractivity contribution in [3.05, 3.63) is 87.3 Å². The molecule has 5 rings (SSSR count). The van der Waals surface area contributed by atoms with Gasteiger partial charge in [-0.25, -0.2) is 4.98 Å². The van der Waals surface area contributed by atoms with Crippen LogP contribution in [0.3, 0.4) is 0 Å². The Morgan fingerprint density at radius 3 is 2.49 bits per heavy atom. The fraction of sp³-hybridized carbons (Fsp3) is 0.438. The molecule has 1 aromatic heterocycles. The lowest BCUT2D eigenvalue weighted by Crippen LogP contribution is -2.42. The standard InChI is InChI=1S/C32H38N4O4S/c1-40-30(38)20-23-12-14-24(15-13-23)21-33-18-16-29(37)35-19-17-28-27(22-35)31(39)36(25-8-4-2-5-9-25)32(34-28)41-26-10-6-3-7-11-26/h2,4-5,8-9,12-15,26,33H,3,6-7,10-11,16-22H2,1H3. The van der Waals surface area contributed by atoms with Crippen LogP contribution in [0.1, 0.15) is 60.9 Å². The van der Waals surface area contributed by atoms with E-state index < -0.39 is 0 Å². The Kier molecular flexibility index (Phi) is 9.90. The molecule has 3 aromatic rings. The summed E-state index contributed by atoms with van der Waals surface area (Å²) in [6.45, 7) is 2.03. The van der Waals surface area contributed by atoms with E-state index in [9.17, 15) is 14.4 Å². The predicted octanol–water partition coefficient (Wildman–Crippen LogP) is 4.44. The first-order chi connectivity index (χ1) is 20.0. The third-order valence-electron chi connectivity index (χ3n) is 7.83. The molecule has 0 spiro atoms. The maximum Gasteiger partial charge on any atom is 0.309 e. The summed E-state index contributed by atoms with van der Waals surface area (Å²) in [4.78, 5) is 45.2.